The standard InChI is InChI=1S/C11H24N2/c1-2-3-4-5-11(13-12)9-8-10-6-7-10/h10-11,13H,2-9,12H2,1H3. The van der Waals surface area contributed by atoms with Crippen LogP contribution in [0.25, 0.3) is 0 Å². The van der Waals surface area contributed by atoms with Gasteiger partial charge in [0.05, 0.1) is 0 Å². The summed E-state index contributed by atoms with van der Waals surface area (Å²) in [6.45, 7) is 2.25. The van der Waals surface area contributed by atoms with Crippen LogP contribution in [0.3, 0.4) is 0 Å². The Kier molecular flexibility index (Phi) is 5.40. The van der Waals surface area contributed by atoms with Crippen molar-refractivity contribution in [1.82, 2.24) is 5.43 Å². The molecule has 1 fully saturated rings. The molecule has 0 saturated heterocycles. The molecule has 1 saturated carbocycles. The molecule has 0 bridgehead atoms. The summed E-state index contributed by atoms with van der Waals surface area (Å²) in [6.07, 6.45) is 10.8. The van der Waals surface area contributed by atoms with E-state index in [-0.39, 0.29) is 0 Å². The molecule has 3 N–H and O–H groups in total. The van der Waals surface area contributed by atoms with Crippen molar-refractivity contribution in [3.05, 3.63) is 0 Å². The normalized spacial score (nSPS) is 18.9. The Morgan fingerprint density at radius 3 is 2.62 bits per heavy atom. The van der Waals surface area contributed by atoms with E-state index < -0.39 is 0 Å². The van der Waals surface area contributed by atoms with E-state index in [1.54, 1.807) is 0 Å². The minimum atomic E-state index is 0.576. The van der Waals surface area contributed by atoms with Crippen LogP contribution in [0, 0.1) is 5.92 Å². The van der Waals surface area contributed by atoms with Crippen molar-refractivity contribution >= 4 is 0 Å². The third-order valence-electron chi connectivity index (χ3n) is 3.01. The molecule has 0 radical (unpaired) electrons. The zero-order valence-corrected chi connectivity index (χ0v) is 8.89. The van der Waals surface area contributed by atoms with Gasteiger partial charge in [0.25, 0.3) is 0 Å². The quantitative estimate of drug-likeness (QED) is 0.346. The SMILES string of the molecule is CCCCCC(CCC1CC1)NN. The lowest BCUT2D eigenvalue weighted by atomic mass is 10.0. The maximum atomic E-state index is 5.51. The van der Waals surface area contributed by atoms with Crippen molar-refractivity contribution in [2.45, 2.75) is 64.3 Å². The number of unbranched alkanes of at least 4 members (excludes halogenated alkanes) is 2. The zero-order valence-electron chi connectivity index (χ0n) is 8.89. The van der Waals surface area contributed by atoms with Gasteiger partial charge in [-0.3, -0.25) is 11.3 Å². The number of hydrogen-bond acceptors (Lipinski definition) is 2. The first-order valence-corrected chi connectivity index (χ1v) is 5.83. The van der Waals surface area contributed by atoms with Gasteiger partial charge >= 0.3 is 0 Å². The highest BCUT2D eigenvalue weighted by molar-refractivity contribution is 4.75. The summed E-state index contributed by atoms with van der Waals surface area (Å²) < 4.78 is 0. The van der Waals surface area contributed by atoms with E-state index in [4.69, 9.17) is 5.84 Å². The Labute approximate surface area is 82.2 Å². The van der Waals surface area contributed by atoms with E-state index in [1.165, 1.54) is 51.4 Å². The predicted molar refractivity (Wildman–Crippen MR) is 57.2 cm³/mol. The highest BCUT2D eigenvalue weighted by atomic mass is 15.2. The molecule has 0 aliphatic heterocycles. The predicted octanol–water partition coefficient (Wildman–Crippen LogP) is 2.59. The zero-order chi connectivity index (χ0) is 9.52. The van der Waals surface area contributed by atoms with Crippen LogP contribution in [0.2, 0.25) is 0 Å². The summed E-state index contributed by atoms with van der Waals surface area (Å²) in [5.41, 5.74) is 2.94. The summed E-state index contributed by atoms with van der Waals surface area (Å²) in [5.74, 6) is 6.56. The summed E-state index contributed by atoms with van der Waals surface area (Å²) >= 11 is 0. The molecule has 0 amide bonds. The molecule has 1 atom stereocenters. The number of hydrogen-bond donors (Lipinski definition) is 2. The molecule has 2 nitrogen and oxygen atoms in total. The van der Waals surface area contributed by atoms with E-state index in [0.29, 0.717) is 6.04 Å². The van der Waals surface area contributed by atoms with Crippen LogP contribution in [0.5, 0.6) is 0 Å². The number of hydrazine groups is 1. The Bertz CT molecular complexity index is 121. The minimum absolute atomic E-state index is 0.576. The van der Waals surface area contributed by atoms with Crippen molar-refractivity contribution in [3.8, 4) is 0 Å². The second kappa shape index (κ2) is 6.39. The van der Waals surface area contributed by atoms with Gasteiger partial charge in [-0.1, -0.05) is 39.0 Å². The van der Waals surface area contributed by atoms with Crippen molar-refractivity contribution in [2.24, 2.45) is 11.8 Å². The molecular formula is C11H24N2. The van der Waals surface area contributed by atoms with Gasteiger partial charge in [-0.05, 0) is 25.2 Å². The average Bonchev–Trinajstić information content (AvgIpc) is 2.94. The van der Waals surface area contributed by atoms with Gasteiger partial charge in [0.1, 0.15) is 0 Å². The molecule has 2 heteroatoms. The van der Waals surface area contributed by atoms with Crippen LogP contribution in [-0.2, 0) is 0 Å². The topological polar surface area (TPSA) is 38.0 Å². The largest absolute Gasteiger partial charge is 0.271 e. The molecule has 0 spiro atoms. The Hall–Kier alpha value is -0.0800. The second-order valence-corrected chi connectivity index (χ2v) is 4.38. The molecule has 0 aromatic rings. The summed E-state index contributed by atoms with van der Waals surface area (Å²) in [7, 11) is 0. The van der Waals surface area contributed by atoms with Gasteiger partial charge in [-0.25, -0.2) is 0 Å². The molecule has 0 aromatic carbocycles. The van der Waals surface area contributed by atoms with E-state index in [1.807, 2.05) is 0 Å². The van der Waals surface area contributed by atoms with Crippen LogP contribution < -0.4 is 11.3 Å². The fourth-order valence-corrected chi connectivity index (χ4v) is 1.80. The Morgan fingerprint density at radius 2 is 2.08 bits per heavy atom. The van der Waals surface area contributed by atoms with E-state index >= 15 is 0 Å². The Balaban J connectivity index is 1.95. The first-order valence-electron chi connectivity index (χ1n) is 5.83. The molecular weight excluding hydrogens is 160 g/mol. The van der Waals surface area contributed by atoms with Gasteiger partial charge < -0.3 is 0 Å². The molecule has 13 heavy (non-hydrogen) atoms. The highest BCUT2D eigenvalue weighted by Crippen LogP contribution is 2.34. The van der Waals surface area contributed by atoms with Gasteiger partial charge in [-0.2, -0.15) is 0 Å². The van der Waals surface area contributed by atoms with E-state index in [2.05, 4.69) is 12.3 Å². The summed E-state index contributed by atoms with van der Waals surface area (Å²) in [6, 6.07) is 0.576. The fourth-order valence-electron chi connectivity index (χ4n) is 1.80. The van der Waals surface area contributed by atoms with Crippen molar-refractivity contribution in [1.29, 1.82) is 0 Å². The molecule has 1 aliphatic rings. The lowest BCUT2D eigenvalue weighted by molar-refractivity contribution is 0.423. The van der Waals surface area contributed by atoms with Crippen molar-refractivity contribution < 1.29 is 0 Å². The lowest BCUT2D eigenvalue weighted by Gasteiger charge is -2.14. The van der Waals surface area contributed by atoms with E-state index in [0.717, 1.165) is 5.92 Å². The maximum Gasteiger partial charge on any atom is 0.0210 e. The first kappa shape index (κ1) is 11.0. The second-order valence-electron chi connectivity index (χ2n) is 4.38. The van der Waals surface area contributed by atoms with E-state index in [9.17, 15) is 0 Å². The molecule has 78 valence electrons. The van der Waals surface area contributed by atoms with Gasteiger partial charge in [0, 0.05) is 6.04 Å². The third kappa shape index (κ3) is 5.27. The van der Waals surface area contributed by atoms with Gasteiger partial charge in [0.15, 0.2) is 0 Å². The van der Waals surface area contributed by atoms with Crippen LogP contribution in [-0.4, -0.2) is 6.04 Å². The van der Waals surface area contributed by atoms with Crippen LogP contribution in [0.1, 0.15) is 58.3 Å². The van der Waals surface area contributed by atoms with Gasteiger partial charge in [0.2, 0.25) is 0 Å². The van der Waals surface area contributed by atoms with Crippen LogP contribution in [0.15, 0.2) is 0 Å². The molecule has 1 aliphatic carbocycles. The molecule has 1 unspecified atom stereocenters. The lowest BCUT2D eigenvalue weighted by Crippen LogP contribution is -2.35. The summed E-state index contributed by atoms with van der Waals surface area (Å²) in [4.78, 5) is 0. The highest BCUT2D eigenvalue weighted by Gasteiger charge is 2.21. The number of rotatable bonds is 8. The molecule has 0 heterocycles. The number of nitrogens with two attached hydrogens (primary N) is 1. The molecule has 0 aromatic heterocycles. The monoisotopic (exact) mass is 184 g/mol. The van der Waals surface area contributed by atoms with Crippen LogP contribution in [0.4, 0.5) is 0 Å². The smallest absolute Gasteiger partial charge is 0.0210 e. The van der Waals surface area contributed by atoms with Crippen LogP contribution >= 0.6 is 0 Å². The minimum Gasteiger partial charge on any atom is -0.271 e. The summed E-state index contributed by atoms with van der Waals surface area (Å²) in [5, 5.41) is 0. The molecule has 1 rings (SSSR count). The third-order valence-corrected chi connectivity index (χ3v) is 3.01. The van der Waals surface area contributed by atoms with Crippen molar-refractivity contribution in [2.75, 3.05) is 0 Å². The van der Waals surface area contributed by atoms with Gasteiger partial charge in [-0.15, -0.1) is 0 Å². The fraction of sp³-hybridized carbons (Fsp3) is 1.00. The maximum absolute atomic E-state index is 5.51. The first-order chi connectivity index (χ1) is 6.36. The average molecular weight is 184 g/mol. The number of nitrogens with one attached hydrogen (secondary N) is 1. The van der Waals surface area contributed by atoms with Crippen molar-refractivity contribution in [3.63, 3.8) is 0 Å². The Morgan fingerprint density at radius 1 is 1.31 bits per heavy atom.